The van der Waals surface area contributed by atoms with Crippen LogP contribution in [0.1, 0.15) is 15.9 Å². The van der Waals surface area contributed by atoms with Crippen LogP contribution in [0.3, 0.4) is 0 Å². The molecule has 2 rings (SSSR count). The fourth-order valence-corrected chi connectivity index (χ4v) is 2.40. The lowest BCUT2D eigenvalue weighted by Gasteiger charge is -2.14. The minimum Gasteiger partial charge on any atom is -0.406 e. The number of nitrogens with one attached hydrogen (secondary N) is 3. The summed E-state index contributed by atoms with van der Waals surface area (Å²) in [5, 5.41) is 6.54. The average molecular weight is 467 g/mol. The van der Waals surface area contributed by atoms with E-state index in [-0.39, 0.29) is 22.5 Å². The fourth-order valence-electron chi connectivity index (χ4n) is 2.40. The molecule has 0 aromatic heterocycles. The number of amides is 2. The Bertz CT molecular complexity index is 974. The van der Waals surface area contributed by atoms with Crippen molar-refractivity contribution in [2.75, 3.05) is 23.7 Å². The van der Waals surface area contributed by atoms with E-state index in [1.165, 1.54) is 6.92 Å². The van der Waals surface area contributed by atoms with Crippen LogP contribution >= 0.6 is 0 Å². The van der Waals surface area contributed by atoms with Crippen LogP contribution < -0.4 is 20.7 Å². The van der Waals surface area contributed by atoms with Gasteiger partial charge in [0.25, 0.3) is 5.91 Å². The van der Waals surface area contributed by atoms with Crippen LogP contribution in [0.2, 0.25) is 0 Å². The van der Waals surface area contributed by atoms with E-state index in [0.717, 1.165) is 36.4 Å². The van der Waals surface area contributed by atoms with Crippen LogP contribution in [0.5, 0.6) is 5.75 Å². The molecule has 174 valence electrons. The Balaban J connectivity index is 1.99. The van der Waals surface area contributed by atoms with Crippen molar-refractivity contribution in [3.63, 3.8) is 0 Å². The number of alkyl halides is 6. The number of halogens is 7. The van der Waals surface area contributed by atoms with Gasteiger partial charge in [0.1, 0.15) is 18.1 Å². The number of carbonyl (C=O) groups is 2. The van der Waals surface area contributed by atoms with Gasteiger partial charge in [-0.25, -0.2) is 4.39 Å². The first-order valence-corrected chi connectivity index (χ1v) is 8.78. The van der Waals surface area contributed by atoms with Gasteiger partial charge in [0, 0.05) is 22.5 Å². The van der Waals surface area contributed by atoms with E-state index in [1.807, 2.05) is 0 Å². The summed E-state index contributed by atoms with van der Waals surface area (Å²) in [5.74, 6) is -3.19. The molecule has 2 aromatic carbocycles. The van der Waals surface area contributed by atoms with Crippen LogP contribution in [-0.4, -0.2) is 37.4 Å². The Labute approximate surface area is 176 Å². The SMILES string of the molecule is Cc1c(F)cc(C(=O)NCC(F)(F)F)cc1NCC(=O)Nc1ccc(OC(F)(F)F)cc1. The van der Waals surface area contributed by atoms with Gasteiger partial charge >= 0.3 is 12.5 Å². The normalized spacial score (nSPS) is 11.6. The molecule has 6 nitrogen and oxygen atoms in total. The Morgan fingerprint density at radius 1 is 1.00 bits per heavy atom. The molecule has 0 spiro atoms. The molecule has 0 unspecified atom stereocenters. The number of rotatable bonds is 7. The van der Waals surface area contributed by atoms with Gasteiger partial charge in [-0.2, -0.15) is 13.2 Å². The highest BCUT2D eigenvalue weighted by atomic mass is 19.4. The van der Waals surface area contributed by atoms with Crippen molar-refractivity contribution < 1.29 is 45.1 Å². The molecule has 0 aliphatic rings. The van der Waals surface area contributed by atoms with Gasteiger partial charge in [0.2, 0.25) is 5.91 Å². The van der Waals surface area contributed by atoms with E-state index < -0.39 is 49.0 Å². The standard InChI is InChI=1S/C19H16F7N3O3/c1-10-14(20)6-11(17(31)28-9-18(21,22)23)7-15(10)27-8-16(30)29-12-2-4-13(5-3-12)32-19(24,25)26/h2-7,27H,8-9H2,1H3,(H,28,31)(H,29,30). The molecule has 0 fully saturated rings. The van der Waals surface area contributed by atoms with Crippen molar-refractivity contribution in [2.45, 2.75) is 19.5 Å². The molecule has 0 radical (unpaired) electrons. The summed E-state index contributed by atoms with van der Waals surface area (Å²) in [7, 11) is 0. The molecule has 3 N–H and O–H groups in total. The second-order valence-electron chi connectivity index (χ2n) is 6.40. The van der Waals surface area contributed by atoms with E-state index >= 15 is 0 Å². The second kappa shape index (κ2) is 9.75. The van der Waals surface area contributed by atoms with Gasteiger partial charge in [-0.15, -0.1) is 13.2 Å². The molecule has 0 atom stereocenters. The van der Waals surface area contributed by atoms with E-state index in [0.29, 0.717) is 0 Å². The molecule has 32 heavy (non-hydrogen) atoms. The summed E-state index contributed by atoms with van der Waals surface area (Å²) in [6.45, 7) is -0.708. The molecule has 0 aliphatic heterocycles. The van der Waals surface area contributed by atoms with Gasteiger partial charge in [-0.1, -0.05) is 0 Å². The zero-order chi connectivity index (χ0) is 24.1. The number of ether oxygens (including phenoxy) is 1. The van der Waals surface area contributed by atoms with Crippen LogP contribution in [0.15, 0.2) is 36.4 Å². The van der Waals surface area contributed by atoms with Crippen molar-refractivity contribution in [3.8, 4) is 5.75 Å². The highest BCUT2D eigenvalue weighted by Crippen LogP contribution is 2.24. The topological polar surface area (TPSA) is 79.5 Å². The third-order valence-corrected chi connectivity index (χ3v) is 3.87. The first-order chi connectivity index (χ1) is 14.7. The van der Waals surface area contributed by atoms with Crippen LogP contribution in [0.4, 0.5) is 42.1 Å². The Morgan fingerprint density at radius 2 is 1.62 bits per heavy atom. The minimum absolute atomic E-state index is 0.00812. The number of hydrogen-bond donors (Lipinski definition) is 3. The van der Waals surface area contributed by atoms with Crippen LogP contribution in [-0.2, 0) is 4.79 Å². The number of carbonyl (C=O) groups excluding carboxylic acids is 2. The fraction of sp³-hybridized carbons (Fsp3) is 0.263. The molecule has 0 saturated carbocycles. The number of hydrogen-bond acceptors (Lipinski definition) is 4. The van der Waals surface area contributed by atoms with E-state index in [1.54, 1.807) is 5.32 Å². The molecule has 0 saturated heterocycles. The Hall–Kier alpha value is -3.51. The molecule has 2 aromatic rings. The van der Waals surface area contributed by atoms with E-state index in [4.69, 9.17) is 0 Å². The van der Waals surface area contributed by atoms with Crippen molar-refractivity contribution in [3.05, 3.63) is 53.3 Å². The zero-order valence-corrected chi connectivity index (χ0v) is 16.2. The summed E-state index contributed by atoms with van der Waals surface area (Å²) < 4.78 is 90.9. The summed E-state index contributed by atoms with van der Waals surface area (Å²) in [4.78, 5) is 23.9. The third-order valence-electron chi connectivity index (χ3n) is 3.87. The predicted octanol–water partition coefficient (Wildman–Crippen LogP) is 4.38. The van der Waals surface area contributed by atoms with Gasteiger partial charge < -0.3 is 20.7 Å². The van der Waals surface area contributed by atoms with Crippen molar-refractivity contribution >= 4 is 23.2 Å². The highest BCUT2D eigenvalue weighted by Gasteiger charge is 2.31. The highest BCUT2D eigenvalue weighted by molar-refractivity contribution is 5.96. The van der Waals surface area contributed by atoms with E-state index in [2.05, 4.69) is 15.4 Å². The van der Waals surface area contributed by atoms with Gasteiger partial charge in [0.05, 0.1) is 6.54 Å². The third kappa shape index (κ3) is 7.96. The molecule has 0 aliphatic carbocycles. The summed E-state index contributed by atoms with van der Waals surface area (Å²) in [6, 6.07) is 6.14. The monoisotopic (exact) mass is 467 g/mol. The molecule has 0 bridgehead atoms. The quantitative estimate of drug-likeness (QED) is 0.529. The molecule has 2 amide bonds. The Kier molecular flexibility index (Phi) is 7.54. The van der Waals surface area contributed by atoms with Crippen LogP contribution in [0, 0.1) is 12.7 Å². The second-order valence-corrected chi connectivity index (χ2v) is 6.40. The summed E-state index contributed by atoms with van der Waals surface area (Å²) in [6.07, 6.45) is -9.50. The molecule has 0 heterocycles. The average Bonchev–Trinajstić information content (AvgIpc) is 2.67. The van der Waals surface area contributed by atoms with E-state index in [9.17, 15) is 40.3 Å². The lowest BCUT2D eigenvalue weighted by atomic mass is 10.1. The van der Waals surface area contributed by atoms with Crippen molar-refractivity contribution in [1.82, 2.24) is 5.32 Å². The van der Waals surface area contributed by atoms with Gasteiger partial charge in [-0.05, 0) is 43.3 Å². The Morgan fingerprint density at radius 3 is 2.19 bits per heavy atom. The summed E-state index contributed by atoms with van der Waals surface area (Å²) in [5.41, 5.74) is -0.236. The number of anilines is 2. The predicted molar refractivity (Wildman–Crippen MR) is 99.8 cm³/mol. The van der Waals surface area contributed by atoms with Gasteiger partial charge in [0.15, 0.2) is 0 Å². The zero-order valence-electron chi connectivity index (χ0n) is 16.2. The smallest absolute Gasteiger partial charge is 0.406 e. The lowest BCUT2D eigenvalue weighted by Crippen LogP contribution is -2.33. The van der Waals surface area contributed by atoms with Crippen LogP contribution in [0.25, 0.3) is 0 Å². The maximum absolute atomic E-state index is 14.1. The first kappa shape index (κ1) is 24.8. The van der Waals surface area contributed by atoms with Crippen molar-refractivity contribution in [1.29, 1.82) is 0 Å². The summed E-state index contributed by atoms with van der Waals surface area (Å²) >= 11 is 0. The molecular weight excluding hydrogens is 451 g/mol. The lowest BCUT2D eigenvalue weighted by molar-refractivity contribution is -0.274. The maximum Gasteiger partial charge on any atom is 0.573 e. The molecular formula is C19H16F7N3O3. The number of benzene rings is 2. The maximum atomic E-state index is 14.1. The largest absolute Gasteiger partial charge is 0.573 e. The first-order valence-electron chi connectivity index (χ1n) is 8.78. The van der Waals surface area contributed by atoms with Crippen molar-refractivity contribution in [2.24, 2.45) is 0 Å². The van der Waals surface area contributed by atoms with Gasteiger partial charge in [-0.3, -0.25) is 9.59 Å². The minimum atomic E-state index is -4.86. The molecule has 13 heteroatoms.